The van der Waals surface area contributed by atoms with Gasteiger partial charge in [0.1, 0.15) is 5.82 Å². The molecule has 1 saturated heterocycles. The SMILES string of the molecule is O=C(CN1CCN(C(=O)c2ccccc2)CC1)Nc1nc2ccc(F)cc2s1. The molecule has 1 aromatic heterocycles. The van der Waals surface area contributed by atoms with Crippen molar-refractivity contribution in [2.45, 2.75) is 0 Å². The number of hydrogen-bond acceptors (Lipinski definition) is 5. The number of nitrogens with one attached hydrogen (secondary N) is 1. The van der Waals surface area contributed by atoms with Crippen molar-refractivity contribution >= 4 is 38.5 Å². The molecule has 0 bridgehead atoms. The van der Waals surface area contributed by atoms with Gasteiger partial charge in [-0.1, -0.05) is 29.5 Å². The van der Waals surface area contributed by atoms with Crippen LogP contribution in [0.15, 0.2) is 48.5 Å². The molecular weight excluding hydrogens is 379 g/mol. The van der Waals surface area contributed by atoms with Crippen LogP contribution in [-0.4, -0.2) is 59.3 Å². The van der Waals surface area contributed by atoms with Crippen molar-refractivity contribution in [3.63, 3.8) is 0 Å². The molecule has 0 radical (unpaired) electrons. The lowest BCUT2D eigenvalue weighted by Gasteiger charge is -2.34. The Bertz CT molecular complexity index is 1000. The molecule has 1 fully saturated rings. The number of halogens is 1. The lowest BCUT2D eigenvalue weighted by atomic mass is 10.2. The minimum absolute atomic E-state index is 0.0198. The lowest BCUT2D eigenvalue weighted by Crippen LogP contribution is -2.50. The number of fused-ring (bicyclic) bond motifs is 1. The van der Waals surface area contributed by atoms with Crippen LogP contribution >= 0.6 is 11.3 Å². The zero-order chi connectivity index (χ0) is 19.5. The van der Waals surface area contributed by atoms with Gasteiger partial charge in [0.15, 0.2) is 5.13 Å². The Hall–Kier alpha value is -2.84. The van der Waals surface area contributed by atoms with E-state index in [0.717, 1.165) is 0 Å². The fraction of sp³-hybridized carbons (Fsp3) is 0.250. The molecule has 6 nitrogen and oxygen atoms in total. The highest BCUT2D eigenvalue weighted by Gasteiger charge is 2.23. The summed E-state index contributed by atoms with van der Waals surface area (Å²) in [6.07, 6.45) is 0. The summed E-state index contributed by atoms with van der Waals surface area (Å²) in [5.41, 5.74) is 1.34. The molecule has 1 N–H and O–H groups in total. The molecule has 2 amide bonds. The fourth-order valence-corrected chi connectivity index (χ4v) is 4.09. The van der Waals surface area contributed by atoms with Crippen LogP contribution in [0.5, 0.6) is 0 Å². The quantitative estimate of drug-likeness (QED) is 0.734. The smallest absolute Gasteiger partial charge is 0.253 e. The molecule has 0 spiro atoms. The van der Waals surface area contributed by atoms with Crippen molar-refractivity contribution < 1.29 is 14.0 Å². The molecular formula is C20H19FN4O2S. The molecule has 8 heteroatoms. The Kier molecular flexibility index (Phi) is 5.31. The highest BCUT2D eigenvalue weighted by molar-refractivity contribution is 7.22. The minimum Gasteiger partial charge on any atom is -0.336 e. The summed E-state index contributed by atoms with van der Waals surface area (Å²) < 4.78 is 14.0. The van der Waals surface area contributed by atoms with Gasteiger partial charge in [0.2, 0.25) is 5.91 Å². The van der Waals surface area contributed by atoms with E-state index in [1.165, 1.54) is 23.5 Å². The summed E-state index contributed by atoms with van der Waals surface area (Å²) in [4.78, 5) is 32.9. The van der Waals surface area contributed by atoms with Crippen LogP contribution in [0.25, 0.3) is 10.2 Å². The predicted molar refractivity (Wildman–Crippen MR) is 107 cm³/mol. The van der Waals surface area contributed by atoms with Crippen molar-refractivity contribution in [3.05, 3.63) is 59.9 Å². The van der Waals surface area contributed by atoms with Crippen molar-refractivity contribution in [2.75, 3.05) is 38.0 Å². The van der Waals surface area contributed by atoms with E-state index in [1.54, 1.807) is 6.07 Å². The highest BCUT2D eigenvalue weighted by atomic mass is 32.1. The first-order valence-corrected chi connectivity index (χ1v) is 9.83. The van der Waals surface area contributed by atoms with Gasteiger partial charge in [0, 0.05) is 31.7 Å². The number of benzene rings is 2. The lowest BCUT2D eigenvalue weighted by molar-refractivity contribution is -0.117. The molecule has 0 unspecified atom stereocenters. The molecule has 2 aromatic carbocycles. The maximum atomic E-state index is 13.3. The predicted octanol–water partition coefficient (Wildman–Crippen LogP) is 2.83. The number of anilines is 1. The van der Waals surface area contributed by atoms with Gasteiger partial charge in [0.05, 0.1) is 16.8 Å². The maximum Gasteiger partial charge on any atom is 0.253 e. The van der Waals surface area contributed by atoms with Crippen molar-refractivity contribution in [1.29, 1.82) is 0 Å². The molecule has 144 valence electrons. The second-order valence-electron chi connectivity index (χ2n) is 6.61. The van der Waals surface area contributed by atoms with E-state index in [-0.39, 0.29) is 24.2 Å². The number of carbonyl (C=O) groups excluding carboxylic acids is 2. The number of amides is 2. The molecule has 2 heterocycles. The highest BCUT2D eigenvalue weighted by Crippen LogP contribution is 2.26. The van der Waals surface area contributed by atoms with E-state index in [1.807, 2.05) is 40.1 Å². The molecule has 28 heavy (non-hydrogen) atoms. The second-order valence-corrected chi connectivity index (χ2v) is 7.64. The van der Waals surface area contributed by atoms with Crippen LogP contribution in [0.4, 0.5) is 9.52 Å². The standard InChI is InChI=1S/C20H19FN4O2S/c21-15-6-7-16-17(12-15)28-20(22-16)23-18(26)13-24-8-10-25(11-9-24)19(27)14-4-2-1-3-5-14/h1-7,12H,8-11,13H2,(H,22,23,26). The van der Waals surface area contributed by atoms with Gasteiger partial charge in [-0.15, -0.1) is 0 Å². The Labute approximate surface area is 165 Å². The molecule has 1 aliphatic heterocycles. The summed E-state index contributed by atoms with van der Waals surface area (Å²) >= 11 is 1.25. The fourth-order valence-electron chi connectivity index (χ4n) is 3.19. The first-order valence-electron chi connectivity index (χ1n) is 9.01. The first kappa shape index (κ1) is 18.5. The van der Waals surface area contributed by atoms with E-state index in [0.29, 0.717) is 47.1 Å². The zero-order valence-electron chi connectivity index (χ0n) is 15.1. The van der Waals surface area contributed by atoms with Gasteiger partial charge in [-0.05, 0) is 30.3 Å². The van der Waals surface area contributed by atoms with Crippen molar-refractivity contribution in [2.24, 2.45) is 0 Å². The summed E-state index contributed by atoms with van der Waals surface area (Å²) in [7, 11) is 0. The molecule has 4 rings (SSSR count). The molecule has 1 aliphatic rings. The molecule has 0 saturated carbocycles. The maximum absolute atomic E-state index is 13.3. The van der Waals surface area contributed by atoms with Crippen LogP contribution < -0.4 is 5.32 Å². The zero-order valence-corrected chi connectivity index (χ0v) is 15.9. The third-order valence-electron chi connectivity index (χ3n) is 4.64. The molecule has 0 atom stereocenters. The van der Waals surface area contributed by atoms with Crippen LogP contribution in [0.2, 0.25) is 0 Å². The number of carbonyl (C=O) groups is 2. The van der Waals surface area contributed by atoms with Gasteiger partial charge in [-0.3, -0.25) is 14.5 Å². The number of nitrogens with zero attached hydrogens (tertiary/aromatic N) is 3. The second kappa shape index (κ2) is 8.04. The van der Waals surface area contributed by atoms with E-state index in [2.05, 4.69) is 10.3 Å². The Balaban J connectivity index is 1.29. The topological polar surface area (TPSA) is 65.5 Å². The molecule has 0 aliphatic carbocycles. The number of rotatable bonds is 4. The summed E-state index contributed by atoms with van der Waals surface area (Å²) in [5, 5.41) is 3.24. The third-order valence-corrected chi connectivity index (χ3v) is 5.58. The van der Waals surface area contributed by atoms with Crippen LogP contribution in [0.1, 0.15) is 10.4 Å². The van der Waals surface area contributed by atoms with Gasteiger partial charge in [-0.25, -0.2) is 9.37 Å². The van der Waals surface area contributed by atoms with Crippen LogP contribution in [0, 0.1) is 5.82 Å². The average molecular weight is 398 g/mol. The van der Waals surface area contributed by atoms with Crippen molar-refractivity contribution in [3.8, 4) is 0 Å². The van der Waals surface area contributed by atoms with Gasteiger partial charge in [0.25, 0.3) is 5.91 Å². The minimum atomic E-state index is -0.322. The normalized spacial score (nSPS) is 15.0. The van der Waals surface area contributed by atoms with Crippen LogP contribution in [-0.2, 0) is 4.79 Å². The number of hydrogen-bond donors (Lipinski definition) is 1. The van der Waals surface area contributed by atoms with Gasteiger partial charge in [-0.2, -0.15) is 0 Å². The van der Waals surface area contributed by atoms with Gasteiger partial charge >= 0.3 is 0 Å². The van der Waals surface area contributed by atoms with E-state index in [4.69, 9.17) is 0 Å². The summed E-state index contributed by atoms with van der Waals surface area (Å²) in [6, 6.07) is 13.6. The Morgan fingerprint density at radius 3 is 2.57 bits per heavy atom. The third kappa shape index (κ3) is 4.18. The van der Waals surface area contributed by atoms with E-state index in [9.17, 15) is 14.0 Å². The van der Waals surface area contributed by atoms with E-state index < -0.39 is 0 Å². The number of piperazine rings is 1. The monoisotopic (exact) mass is 398 g/mol. The number of thiazole rings is 1. The average Bonchev–Trinajstić information content (AvgIpc) is 3.09. The van der Waals surface area contributed by atoms with Crippen molar-refractivity contribution in [1.82, 2.24) is 14.8 Å². The Morgan fingerprint density at radius 2 is 1.82 bits per heavy atom. The first-order chi connectivity index (χ1) is 13.6. The largest absolute Gasteiger partial charge is 0.336 e. The number of aromatic nitrogens is 1. The van der Waals surface area contributed by atoms with E-state index >= 15 is 0 Å². The summed E-state index contributed by atoms with van der Waals surface area (Å²) in [5.74, 6) is -0.467. The summed E-state index contributed by atoms with van der Waals surface area (Å²) in [6.45, 7) is 2.68. The van der Waals surface area contributed by atoms with Crippen LogP contribution in [0.3, 0.4) is 0 Å². The Morgan fingerprint density at radius 1 is 1.07 bits per heavy atom. The molecule has 3 aromatic rings. The van der Waals surface area contributed by atoms with Gasteiger partial charge < -0.3 is 10.2 Å².